The number of fused-ring (bicyclic) bond motifs is 1. The highest BCUT2D eigenvalue weighted by Crippen LogP contribution is 2.30. The van der Waals surface area contributed by atoms with Gasteiger partial charge in [-0.15, -0.1) is 11.3 Å². The molecule has 0 aliphatic carbocycles. The predicted octanol–water partition coefficient (Wildman–Crippen LogP) is 2.89. The van der Waals surface area contributed by atoms with Gasteiger partial charge in [0.2, 0.25) is 5.91 Å². The molecule has 19 heavy (non-hydrogen) atoms. The number of thioether (sulfide) groups is 1. The summed E-state index contributed by atoms with van der Waals surface area (Å²) in [5.74, 6) is 0.483. The fourth-order valence-electron chi connectivity index (χ4n) is 1.56. The van der Waals surface area contributed by atoms with Gasteiger partial charge in [-0.1, -0.05) is 25.1 Å². The van der Waals surface area contributed by atoms with Crippen LogP contribution in [0.4, 0.5) is 5.69 Å². The molecular weight excluding hydrogens is 278 g/mol. The summed E-state index contributed by atoms with van der Waals surface area (Å²) in [5.41, 5.74) is 7.41. The first-order valence-electron chi connectivity index (χ1n) is 6.24. The van der Waals surface area contributed by atoms with Crippen molar-refractivity contribution < 1.29 is 4.79 Å². The topological polar surface area (TPSA) is 68.0 Å². The van der Waals surface area contributed by atoms with Crippen molar-refractivity contribution in [2.24, 2.45) is 0 Å². The lowest BCUT2D eigenvalue weighted by Crippen LogP contribution is -2.25. The zero-order chi connectivity index (χ0) is 13.7. The molecule has 4 nitrogen and oxygen atoms in total. The van der Waals surface area contributed by atoms with E-state index in [0.29, 0.717) is 5.75 Å². The van der Waals surface area contributed by atoms with Gasteiger partial charge in [0, 0.05) is 12.2 Å². The lowest BCUT2D eigenvalue weighted by atomic mass is 10.3. The third-order valence-corrected chi connectivity index (χ3v) is 4.73. The van der Waals surface area contributed by atoms with Crippen LogP contribution < -0.4 is 11.1 Å². The van der Waals surface area contributed by atoms with Crippen molar-refractivity contribution in [2.75, 3.05) is 18.0 Å². The molecule has 0 aliphatic rings. The second kappa shape index (κ2) is 6.77. The Morgan fingerprint density at radius 2 is 2.37 bits per heavy atom. The van der Waals surface area contributed by atoms with Crippen LogP contribution in [0, 0.1) is 0 Å². The molecule has 1 heterocycles. The highest BCUT2D eigenvalue weighted by Gasteiger charge is 2.07. The van der Waals surface area contributed by atoms with Gasteiger partial charge < -0.3 is 11.1 Å². The number of aromatic nitrogens is 1. The van der Waals surface area contributed by atoms with Gasteiger partial charge in [0.1, 0.15) is 0 Å². The second-order valence-electron chi connectivity index (χ2n) is 4.20. The normalized spacial score (nSPS) is 10.8. The number of rotatable bonds is 6. The van der Waals surface area contributed by atoms with E-state index in [0.717, 1.165) is 39.6 Å². The summed E-state index contributed by atoms with van der Waals surface area (Å²) in [6.45, 7) is 2.86. The molecule has 1 amide bonds. The minimum atomic E-state index is 0.0669. The van der Waals surface area contributed by atoms with Crippen LogP contribution in [0.3, 0.4) is 0 Å². The van der Waals surface area contributed by atoms with Gasteiger partial charge in [-0.05, 0) is 24.6 Å². The molecule has 6 heteroatoms. The molecule has 2 aromatic rings. The zero-order valence-corrected chi connectivity index (χ0v) is 12.4. The molecule has 0 spiro atoms. The summed E-state index contributed by atoms with van der Waals surface area (Å²) in [6, 6.07) is 5.67. The van der Waals surface area contributed by atoms with E-state index in [1.54, 1.807) is 11.3 Å². The van der Waals surface area contributed by atoms with Crippen molar-refractivity contribution in [3.05, 3.63) is 18.2 Å². The van der Waals surface area contributed by atoms with E-state index in [1.165, 1.54) is 11.8 Å². The van der Waals surface area contributed by atoms with E-state index in [2.05, 4.69) is 17.2 Å². The van der Waals surface area contributed by atoms with Crippen LogP contribution in [-0.4, -0.2) is 23.2 Å². The summed E-state index contributed by atoms with van der Waals surface area (Å²) in [4.78, 5) is 16.1. The highest BCUT2D eigenvalue weighted by molar-refractivity contribution is 8.01. The summed E-state index contributed by atoms with van der Waals surface area (Å²) < 4.78 is 1.97. The van der Waals surface area contributed by atoms with Crippen molar-refractivity contribution in [3.63, 3.8) is 0 Å². The van der Waals surface area contributed by atoms with Crippen molar-refractivity contribution >= 4 is 44.9 Å². The zero-order valence-electron chi connectivity index (χ0n) is 10.8. The number of unbranched alkanes of at least 4 members (excludes halogenated alkanes) is 1. The first kappa shape index (κ1) is 14.1. The van der Waals surface area contributed by atoms with Crippen molar-refractivity contribution in [3.8, 4) is 0 Å². The maximum absolute atomic E-state index is 11.6. The Hall–Kier alpha value is -1.27. The minimum absolute atomic E-state index is 0.0669. The van der Waals surface area contributed by atoms with Crippen LogP contribution in [0.1, 0.15) is 19.8 Å². The van der Waals surface area contributed by atoms with Crippen LogP contribution in [0.15, 0.2) is 22.5 Å². The molecule has 1 aromatic heterocycles. The van der Waals surface area contributed by atoms with Crippen LogP contribution >= 0.6 is 23.1 Å². The molecule has 0 unspecified atom stereocenters. The number of nitrogens with one attached hydrogen (secondary N) is 1. The van der Waals surface area contributed by atoms with E-state index >= 15 is 0 Å². The lowest BCUT2D eigenvalue weighted by Gasteiger charge is -2.01. The number of amides is 1. The van der Waals surface area contributed by atoms with Gasteiger partial charge >= 0.3 is 0 Å². The molecule has 0 aliphatic heterocycles. The summed E-state index contributed by atoms with van der Waals surface area (Å²) in [6.07, 6.45) is 2.11. The summed E-state index contributed by atoms with van der Waals surface area (Å²) in [5, 5.41) is 2.89. The highest BCUT2D eigenvalue weighted by atomic mass is 32.2. The Labute approximate surface area is 120 Å². The van der Waals surface area contributed by atoms with Crippen LogP contribution in [0.2, 0.25) is 0 Å². The van der Waals surface area contributed by atoms with Gasteiger partial charge in [0.15, 0.2) is 4.34 Å². The van der Waals surface area contributed by atoms with Gasteiger partial charge in [-0.2, -0.15) is 0 Å². The second-order valence-corrected chi connectivity index (χ2v) is 6.45. The van der Waals surface area contributed by atoms with E-state index in [1.807, 2.05) is 18.2 Å². The largest absolute Gasteiger partial charge is 0.399 e. The molecule has 0 saturated carbocycles. The van der Waals surface area contributed by atoms with Gasteiger partial charge in [0.05, 0.1) is 16.0 Å². The number of nitrogen functional groups attached to an aromatic ring is 1. The number of hydrogen-bond donors (Lipinski definition) is 2. The number of carbonyl (C=O) groups is 1. The number of benzene rings is 1. The van der Waals surface area contributed by atoms with Crippen molar-refractivity contribution in [1.29, 1.82) is 0 Å². The molecule has 0 radical (unpaired) electrons. The monoisotopic (exact) mass is 295 g/mol. The van der Waals surface area contributed by atoms with Gasteiger partial charge in [-0.3, -0.25) is 4.79 Å². The molecule has 0 saturated heterocycles. The van der Waals surface area contributed by atoms with Crippen molar-refractivity contribution in [2.45, 2.75) is 24.1 Å². The Balaban J connectivity index is 1.89. The van der Waals surface area contributed by atoms with Crippen LogP contribution in [-0.2, 0) is 4.79 Å². The smallest absolute Gasteiger partial charge is 0.230 e. The average Bonchev–Trinajstić information content (AvgIpc) is 2.78. The molecule has 102 valence electrons. The van der Waals surface area contributed by atoms with E-state index < -0.39 is 0 Å². The number of nitrogens with two attached hydrogens (primary N) is 1. The lowest BCUT2D eigenvalue weighted by molar-refractivity contribution is -0.118. The van der Waals surface area contributed by atoms with Crippen LogP contribution in [0.5, 0.6) is 0 Å². The summed E-state index contributed by atoms with van der Waals surface area (Å²) >= 11 is 3.05. The third-order valence-electron chi connectivity index (χ3n) is 2.57. The maximum Gasteiger partial charge on any atom is 0.230 e. The van der Waals surface area contributed by atoms with E-state index in [4.69, 9.17) is 5.73 Å². The Morgan fingerprint density at radius 1 is 1.53 bits per heavy atom. The number of thiazole rings is 1. The first-order chi connectivity index (χ1) is 9.19. The molecule has 3 N–H and O–H groups in total. The molecule has 0 atom stereocenters. The predicted molar refractivity (Wildman–Crippen MR) is 82.7 cm³/mol. The van der Waals surface area contributed by atoms with Crippen LogP contribution in [0.25, 0.3) is 10.2 Å². The number of carbonyl (C=O) groups excluding carboxylic acids is 1. The van der Waals surface area contributed by atoms with E-state index in [9.17, 15) is 4.79 Å². The first-order valence-corrected chi connectivity index (χ1v) is 8.05. The maximum atomic E-state index is 11.6. The fourth-order valence-corrected chi connectivity index (χ4v) is 3.51. The molecule has 0 bridgehead atoms. The Kier molecular flexibility index (Phi) is 5.04. The number of anilines is 1. The van der Waals surface area contributed by atoms with Gasteiger partial charge in [0.25, 0.3) is 0 Å². The van der Waals surface area contributed by atoms with E-state index in [-0.39, 0.29) is 5.91 Å². The number of hydrogen-bond acceptors (Lipinski definition) is 5. The third kappa shape index (κ3) is 4.11. The molecular formula is C13H17N3OS2. The minimum Gasteiger partial charge on any atom is -0.399 e. The molecule has 0 fully saturated rings. The summed E-state index contributed by atoms with van der Waals surface area (Å²) in [7, 11) is 0. The van der Waals surface area contributed by atoms with Crippen molar-refractivity contribution in [1.82, 2.24) is 10.3 Å². The Morgan fingerprint density at radius 3 is 3.16 bits per heavy atom. The number of nitrogens with zero attached hydrogens (tertiary/aromatic N) is 1. The fraction of sp³-hybridized carbons (Fsp3) is 0.385. The quantitative estimate of drug-likeness (QED) is 0.488. The standard InChI is InChI=1S/C13H17N3OS2/c1-2-3-6-15-12(17)8-18-13-16-10-5-4-9(14)7-11(10)19-13/h4-5,7H,2-3,6,8,14H2,1H3,(H,15,17). The van der Waals surface area contributed by atoms with Gasteiger partial charge in [-0.25, -0.2) is 4.98 Å². The average molecular weight is 295 g/mol. The SMILES string of the molecule is CCCCNC(=O)CSc1nc2ccc(N)cc2s1. The molecule has 1 aromatic carbocycles. The molecule has 2 rings (SSSR count). The Bertz CT molecular complexity index is 568.